The number of nitrogens with one attached hydrogen (secondary N) is 1. The lowest BCUT2D eigenvalue weighted by Crippen LogP contribution is -2.35. The number of pyridine rings is 1. The highest BCUT2D eigenvalue weighted by atomic mass is 32.2. The van der Waals surface area contributed by atoms with Gasteiger partial charge in [0, 0.05) is 11.1 Å². The van der Waals surface area contributed by atoms with E-state index in [0.29, 0.717) is 0 Å². The van der Waals surface area contributed by atoms with Crippen LogP contribution in [0, 0.1) is 0 Å². The average Bonchev–Trinajstić information content (AvgIpc) is 2.27. The van der Waals surface area contributed by atoms with Crippen molar-refractivity contribution in [3.8, 4) is 0 Å². The fourth-order valence-electron chi connectivity index (χ4n) is 0.853. The standard InChI is InChI=1S/C11H14N2OS/c1-4-9-10(6-5-7-12-9)15-13-11(2,3)8-14/h4-8,13H,1H2,2-3H3. The van der Waals surface area contributed by atoms with Crippen molar-refractivity contribution in [1.82, 2.24) is 9.71 Å². The summed E-state index contributed by atoms with van der Waals surface area (Å²) in [5.41, 5.74) is 0.274. The third-order valence-corrected chi connectivity index (χ3v) is 2.91. The highest BCUT2D eigenvalue weighted by molar-refractivity contribution is 7.97. The quantitative estimate of drug-likeness (QED) is 0.613. The molecule has 0 radical (unpaired) electrons. The van der Waals surface area contributed by atoms with E-state index in [4.69, 9.17) is 0 Å². The SMILES string of the molecule is C=Cc1ncccc1SNC(C)(C)C=O. The lowest BCUT2D eigenvalue weighted by molar-refractivity contribution is -0.111. The Hall–Kier alpha value is -1.13. The molecule has 4 heteroatoms. The van der Waals surface area contributed by atoms with Gasteiger partial charge in [0.15, 0.2) is 0 Å². The van der Waals surface area contributed by atoms with Crippen LogP contribution in [-0.4, -0.2) is 16.8 Å². The predicted octanol–water partition coefficient (Wildman–Crippen LogP) is 2.30. The highest BCUT2D eigenvalue weighted by Crippen LogP contribution is 2.20. The second kappa shape index (κ2) is 5.09. The summed E-state index contributed by atoms with van der Waals surface area (Å²) < 4.78 is 3.06. The van der Waals surface area contributed by atoms with Crippen molar-refractivity contribution < 1.29 is 4.79 Å². The molecule has 0 saturated carbocycles. The summed E-state index contributed by atoms with van der Waals surface area (Å²) in [4.78, 5) is 15.8. The van der Waals surface area contributed by atoms with E-state index in [1.807, 2.05) is 26.0 Å². The summed E-state index contributed by atoms with van der Waals surface area (Å²) in [6.07, 6.45) is 4.29. The van der Waals surface area contributed by atoms with Gasteiger partial charge in [0.05, 0.1) is 11.2 Å². The fourth-order valence-corrected chi connectivity index (χ4v) is 1.66. The Morgan fingerprint density at radius 1 is 1.60 bits per heavy atom. The number of hydrogen-bond acceptors (Lipinski definition) is 4. The molecular weight excluding hydrogens is 208 g/mol. The molecule has 1 aromatic rings. The van der Waals surface area contributed by atoms with Gasteiger partial charge in [0.25, 0.3) is 0 Å². The molecule has 0 aliphatic carbocycles. The number of aromatic nitrogens is 1. The molecule has 0 atom stereocenters. The molecule has 15 heavy (non-hydrogen) atoms. The van der Waals surface area contributed by atoms with Gasteiger partial charge >= 0.3 is 0 Å². The molecular formula is C11H14N2OS. The Morgan fingerprint density at radius 3 is 2.93 bits per heavy atom. The van der Waals surface area contributed by atoms with Crippen molar-refractivity contribution >= 4 is 24.3 Å². The van der Waals surface area contributed by atoms with Gasteiger partial charge < -0.3 is 4.79 Å². The summed E-state index contributed by atoms with van der Waals surface area (Å²) in [6.45, 7) is 7.32. The van der Waals surface area contributed by atoms with Crippen LogP contribution in [0.4, 0.5) is 0 Å². The molecule has 0 aliphatic heterocycles. The van der Waals surface area contributed by atoms with Crippen molar-refractivity contribution in [2.24, 2.45) is 0 Å². The molecule has 0 bridgehead atoms. The molecule has 0 amide bonds. The smallest absolute Gasteiger partial charge is 0.140 e. The Labute approximate surface area is 94.1 Å². The van der Waals surface area contributed by atoms with Gasteiger partial charge in [-0.2, -0.15) is 0 Å². The van der Waals surface area contributed by atoms with Gasteiger partial charge in [-0.1, -0.05) is 6.58 Å². The molecule has 1 rings (SSSR count). The van der Waals surface area contributed by atoms with E-state index in [0.717, 1.165) is 16.9 Å². The van der Waals surface area contributed by atoms with Crippen LogP contribution in [0.15, 0.2) is 29.8 Å². The van der Waals surface area contributed by atoms with Crippen LogP contribution in [0.25, 0.3) is 6.08 Å². The van der Waals surface area contributed by atoms with Gasteiger partial charge in [0.2, 0.25) is 0 Å². The lowest BCUT2D eigenvalue weighted by Gasteiger charge is -2.18. The Kier molecular flexibility index (Phi) is 4.05. The molecule has 0 unspecified atom stereocenters. The van der Waals surface area contributed by atoms with Crippen LogP contribution in [0.5, 0.6) is 0 Å². The highest BCUT2D eigenvalue weighted by Gasteiger charge is 2.16. The zero-order valence-electron chi connectivity index (χ0n) is 8.86. The summed E-state index contributed by atoms with van der Waals surface area (Å²) in [5.74, 6) is 0. The first-order chi connectivity index (χ1) is 7.09. The zero-order valence-corrected chi connectivity index (χ0v) is 9.67. The molecule has 0 saturated heterocycles. The molecule has 3 nitrogen and oxygen atoms in total. The second-order valence-corrected chi connectivity index (χ2v) is 4.48. The summed E-state index contributed by atoms with van der Waals surface area (Å²) in [6, 6.07) is 3.79. The van der Waals surface area contributed by atoms with Crippen molar-refractivity contribution in [2.75, 3.05) is 0 Å². The van der Waals surface area contributed by atoms with Crippen LogP contribution in [0.1, 0.15) is 19.5 Å². The molecule has 0 fully saturated rings. The van der Waals surface area contributed by atoms with Gasteiger partial charge in [-0.3, -0.25) is 4.98 Å². The van der Waals surface area contributed by atoms with E-state index in [1.54, 1.807) is 12.3 Å². The molecule has 0 spiro atoms. The normalized spacial score (nSPS) is 11.1. The third-order valence-electron chi connectivity index (χ3n) is 1.71. The van der Waals surface area contributed by atoms with E-state index in [1.165, 1.54) is 11.9 Å². The number of hydrogen-bond donors (Lipinski definition) is 1. The van der Waals surface area contributed by atoms with Crippen LogP contribution < -0.4 is 4.72 Å². The Morgan fingerprint density at radius 2 is 2.33 bits per heavy atom. The molecule has 0 aliphatic rings. The first kappa shape index (κ1) is 11.9. The summed E-state index contributed by atoms with van der Waals surface area (Å²) in [7, 11) is 0. The minimum atomic E-state index is -0.543. The maximum absolute atomic E-state index is 10.7. The molecule has 1 heterocycles. The van der Waals surface area contributed by atoms with E-state index >= 15 is 0 Å². The van der Waals surface area contributed by atoms with Crippen LogP contribution in [0.2, 0.25) is 0 Å². The predicted molar refractivity (Wildman–Crippen MR) is 63.5 cm³/mol. The number of rotatable bonds is 5. The zero-order chi connectivity index (χ0) is 11.3. The molecule has 1 N–H and O–H groups in total. The topological polar surface area (TPSA) is 42.0 Å². The van der Waals surface area contributed by atoms with Crippen molar-refractivity contribution in [1.29, 1.82) is 0 Å². The maximum Gasteiger partial charge on any atom is 0.140 e. The Balaban J connectivity index is 2.73. The number of aldehydes is 1. The van der Waals surface area contributed by atoms with Crippen LogP contribution >= 0.6 is 11.9 Å². The first-order valence-corrected chi connectivity index (χ1v) is 5.38. The lowest BCUT2D eigenvalue weighted by atomic mass is 10.1. The summed E-state index contributed by atoms with van der Waals surface area (Å²) >= 11 is 1.39. The van der Waals surface area contributed by atoms with Crippen molar-refractivity contribution in [2.45, 2.75) is 24.3 Å². The Bertz CT molecular complexity index is 363. The number of carbonyl (C=O) groups excluding carboxylic acids is 1. The minimum Gasteiger partial charge on any atom is -0.301 e. The number of nitrogens with zero attached hydrogens (tertiary/aromatic N) is 1. The fraction of sp³-hybridized carbons (Fsp3) is 0.273. The largest absolute Gasteiger partial charge is 0.301 e. The van der Waals surface area contributed by atoms with Crippen LogP contribution in [0.3, 0.4) is 0 Å². The third kappa shape index (κ3) is 3.49. The van der Waals surface area contributed by atoms with E-state index in [-0.39, 0.29) is 0 Å². The van der Waals surface area contributed by atoms with E-state index < -0.39 is 5.54 Å². The monoisotopic (exact) mass is 222 g/mol. The van der Waals surface area contributed by atoms with Crippen molar-refractivity contribution in [3.63, 3.8) is 0 Å². The van der Waals surface area contributed by atoms with E-state index in [9.17, 15) is 4.79 Å². The molecule has 80 valence electrons. The van der Waals surface area contributed by atoms with Gasteiger partial charge in [0.1, 0.15) is 6.29 Å². The van der Waals surface area contributed by atoms with Crippen molar-refractivity contribution in [3.05, 3.63) is 30.6 Å². The maximum atomic E-state index is 10.7. The molecule has 1 aromatic heterocycles. The summed E-state index contributed by atoms with van der Waals surface area (Å²) in [5, 5.41) is 0. The van der Waals surface area contributed by atoms with Crippen LogP contribution in [-0.2, 0) is 4.79 Å². The van der Waals surface area contributed by atoms with E-state index in [2.05, 4.69) is 16.3 Å². The second-order valence-electron chi connectivity index (χ2n) is 3.63. The first-order valence-electron chi connectivity index (χ1n) is 4.57. The van der Waals surface area contributed by atoms with Gasteiger partial charge in [-0.25, -0.2) is 4.72 Å². The molecule has 0 aromatic carbocycles. The number of carbonyl (C=O) groups is 1. The van der Waals surface area contributed by atoms with Gasteiger partial charge in [-0.15, -0.1) is 0 Å². The average molecular weight is 222 g/mol. The van der Waals surface area contributed by atoms with Gasteiger partial charge in [-0.05, 0) is 44.0 Å². The minimum absolute atomic E-state index is 0.543.